The molecule has 5 rings (SSSR count). The molecule has 0 atom stereocenters. The van der Waals surface area contributed by atoms with E-state index in [-0.39, 0.29) is 0 Å². The number of nitrogens with one attached hydrogen (secondary N) is 1. The number of imidazole rings is 1. The second-order valence-corrected chi connectivity index (χ2v) is 7.46. The molecular weight excluding hydrogens is 298 g/mol. The number of benzene rings is 1. The van der Waals surface area contributed by atoms with Crippen LogP contribution < -0.4 is 10.2 Å². The smallest absolute Gasteiger partial charge is 0.111 e. The van der Waals surface area contributed by atoms with Crippen molar-refractivity contribution >= 4 is 16.7 Å². The van der Waals surface area contributed by atoms with Crippen LogP contribution in [0.5, 0.6) is 0 Å². The number of rotatable bonds is 2. The van der Waals surface area contributed by atoms with Crippen LogP contribution in [0.4, 0.5) is 5.69 Å². The van der Waals surface area contributed by atoms with E-state index < -0.39 is 0 Å². The van der Waals surface area contributed by atoms with Crippen molar-refractivity contribution in [3.63, 3.8) is 0 Å². The molecule has 2 aliphatic heterocycles. The number of hydrogen-bond acceptors (Lipinski definition) is 4. The summed E-state index contributed by atoms with van der Waals surface area (Å²) in [5, 5.41) is 3.43. The highest BCUT2D eigenvalue weighted by molar-refractivity contribution is 5.80. The average Bonchev–Trinajstić information content (AvgIpc) is 2.81. The van der Waals surface area contributed by atoms with Crippen molar-refractivity contribution in [1.29, 1.82) is 0 Å². The Kier molecular flexibility index (Phi) is 3.71. The van der Waals surface area contributed by atoms with E-state index in [1.165, 1.54) is 54.9 Å². The first-order valence-corrected chi connectivity index (χ1v) is 9.57. The lowest BCUT2D eigenvalue weighted by Crippen LogP contribution is -2.43. The number of aromatic nitrogens is 2. The second-order valence-electron chi connectivity index (χ2n) is 7.46. The van der Waals surface area contributed by atoms with Crippen molar-refractivity contribution in [2.24, 2.45) is 0 Å². The zero-order valence-electron chi connectivity index (χ0n) is 14.4. The molecule has 1 aromatic carbocycles. The van der Waals surface area contributed by atoms with Gasteiger partial charge in [0, 0.05) is 64.0 Å². The maximum atomic E-state index is 5.00. The molecule has 1 aromatic heterocycles. The molecular formula is C19H27N5. The van der Waals surface area contributed by atoms with Crippen LogP contribution in [-0.4, -0.2) is 59.8 Å². The van der Waals surface area contributed by atoms with Gasteiger partial charge in [0.15, 0.2) is 0 Å². The van der Waals surface area contributed by atoms with Gasteiger partial charge in [-0.1, -0.05) is 6.42 Å². The number of hydrogen-bond donors (Lipinski definition) is 1. The topological polar surface area (TPSA) is 36.3 Å². The third-order valence-electron chi connectivity index (χ3n) is 6.12. The van der Waals surface area contributed by atoms with Gasteiger partial charge in [0.2, 0.25) is 0 Å². The van der Waals surface area contributed by atoms with E-state index in [1.54, 1.807) is 0 Å². The van der Waals surface area contributed by atoms with Crippen molar-refractivity contribution in [1.82, 2.24) is 19.8 Å². The van der Waals surface area contributed by atoms with Gasteiger partial charge in [0.1, 0.15) is 5.82 Å². The van der Waals surface area contributed by atoms with Crippen LogP contribution in [0.2, 0.25) is 0 Å². The van der Waals surface area contributed by atoms with Crippen LogP contribution in [0.15, 0.2) is 18.2 Å². The minimum atomic E-state index is 0.847. The molecule has 2 aromatic rings. The van der Waals surface area contributed by atoms with Crippen molar-refractivity contribution in [2.45, 2.75) is 38.3 Å². The molecule has 0 radical (unpaired) electrons. The molecule has 0 spiro atoms. The van der Waals surface area contributed by atoms with Gasteiger partial charge < -0.3 is 14.8 Å². The van der Waals surface area contributed by atoms with Gasteiger partial charge in [-0.2, -0.15) is 0 Å². The molecule has 0 bridgehead atoms. The van der Waals surface area contributed by atoms with E-state index in [9.17, 15) is 0 Å². The Morgan fingerprint density at radius 3 is 2.67 bits per heavy atom. The van der Waals surface area contributed by atoms with Crippen molar-refractivity contribution in [3.05, 3.63) is 24.0 Å². The molecule has 5 heteroatoms. The zero-order chi connectivity index (χ0) is 15.9. The molecule has 1 saturated heterocycles. The highest BCUT2D eigenvalue weighted by Gasteiger charge is 2.27. The number of nitrogens with zero attached hydrogens (tertiary/aromatic N) is 4. The summed E-state index contributed by atoms with van der Waals surface area (Å²) in [6.45, 7) is 7.80. The minimum Gasteiger partial charge on any atom is -0.369 e. The Morgan fingerprint density at radius 1 is 1.00 bits per heavy atom. The maximum absolute atomic E-state index is 5.00. The lowest BCUT2D eigenvalue weighted by atomic mass is 9.91. The minimum absolute atomic E-state index is 0.847. The Morgan fingerprint density at radius 2 is 1.88 bits per heavy atom. The molecule has 128 valence electrons. The molecule has 3 heterocycles. The average molecular weight is 325 g/mol. The predicted octanol–water partition coefficient (Wildman–Crippen LogP) is 1.86. The quantitative estimate of drug-likeness (QED) is 0.914. The van der Waals surface area contributed by atoms with Crippen LogP contribution >= 0.6 is 0 Å². The fraction of sp³-hybridized carbons (Fsp3) is 0.632. The lowest BCUT2D eigenvalue weighted by Gasteiger charge is -2.36. The van der Waals surface area contributed by atoms with Gasteiger partial charge in [-0.3, -0.25) is 4.90 Å². The SMILES string of the molecule is c1cc2c(cc1N1CCNCC1)nc1n2CCN(C2CCC2)CC1. The first-order chi connectivity index (χ1) is 11.9. The number of fused-ring (bicyclic) bond motifs is 3. The fourth-order valence-corrected chi connectivity index (χ4v) is 4.43. The Labute approximate surface area is 143 Å². The monoisotopic (exact) mass is 325 g/mol. The summed E-state index contributed by atoms with van der Waals surface area (Å²) in [4.78, 5) is 10.2. The molecule has 0 unspecified atom stereocenters. The lowest BCUT2D eigenvalue weighted by molar-refractivity contribution is 0.130. The summed E-state index contributed by atoms with van der Waals surface area (Å²) in [6, 6.07) is 7.73. The van der Waals surface area contributed by atoms with Gasteiger partial charge in [0.05, 0.1) is 11.0 Å². The highest BCUT2D eigenvalue weighted by atomic mass is 15.2. The molecule has 0 amide bonds. The van der Waals surface area contributed by atoms with E-state index in [0.29, 0.717) is 0 Å². The van der Waals surface area contributed by atoms with Crippen molar-refractivity contribution < 1.29 is 0 Å². The third-order valence-corrected chi connectivity index (χ3v) is 6.12. The molecule has 1 saturated carbocycles. The van der Waals surface area contributed by atoms with Crippen molar-refractivity contribution in [3.8, 4) is 0 Å². The summed E-state index contributed by atoms with van der Waals surface area (Å²) in [7, 11) is 0. The number of piperazine rings is 1. The van der Waals surface area contributed by atoms with Gasteiger partial charge in [-0.05, 0) is 31.0 Å². The summed E-state index contributed by atoms with van der Waals surface area (Å²) in [5.41, 5.74) is 3.82. The fourth-order valence-electron chi connectivity index (χ4n) is 4.43. The Balaban J connectivity index is 1.41. The zero-order valence-corrected chi connectivity index (χ0v) is 14.4. The first-order valence-electron chi connectivity index (χ1n) is 9.57. The summed E-state index contributed by atoms with van der Waals surface area (Å²) in [5.74, 6) is 1.28. The largest absolute Gasteiger partial charge is 0.369 e. The molecule has 2 fully saturated rings. The second kappa shape index (κ2) is 6.05. The van der Waals surface area contributed by atoms with E-state index in [0.717, 1.165) is 45.2 Å². The number of anilines is 1. The highest BCUT2D eigenvalue weighted by Crippen LogP contribution is 2.28. The summed E-state index contributed by atoms with van der Waals surface area (Å²) in [6.07, 6.45) is 5.31. The van der Waals surface area contributed by atoms with E-state index in [4.69, 9.17) is 4.98 Å². The first kappa shape index (κ1) is 14.7. The van der Waals surface area contributed by atoms with Crippen LogP contribution in [0.3, 0.4) is 0 Å². The van der Waals surface area contributed by atoms with Gasteiger partial charge in [-0.15, -0.1) is 0 Å². The van der Waals surface area contributed by atoms with E-state index >= 15 is 0 Å². The molecule has 1 N–H and O–H groups in total. The van der Waals surface area contributed by atoms with Gasteiger partial charge in [-0.25, -0.2) is 4.98 Å². The molecule has 1 aliphatic carbocycles. The van der Waals surface area contributed by atoms with E-state index in [1.807, 2.05) is 0 Å². The summed E-state index contributed by atoms with van der Waals surface area (Å²) < 4.78 is 2.47. The van der Waals surface area contributed by atoms with E-state index in [2.05, 4.69) is 37.9 Å². The van der Waals surface area contributed by atoms with Gasteiger partial charge >= 0.3 is 0 Å². The van der Waals surface area contributed by atoms with Crippen molar-refractivity contribution in [2.75, 3.05) is 44.2 Å². The third kappa shape index (κ3) is 2.50. The molecule has 5 nitrogen and oxygen atoms in total. The molecule has 24 heavy (non-hydrogen) atoms. The Bertz CT molecular complexity index is 727. The Hall–Kier alpha value is -1.59. The van der Waals surface area contributed by atoms with Gasteiger partial charge in [0.25, 0.3) is 0 Å². The maximum Gasteiger partial charge on any atom is 0.111 e. The normalized spacial score (nSPS) is 23.1. The standard InChI is InChI=1S/C19H27N5/c1-2-15(3-1)22-9-6-19-21-17-14-16(23-10-7-20-8-11-23)4-5-18(17)24(19)13-12-22/h4-5,14-15,20H,1-3,6-13H2. The predicted molar refractivity (Wildman–Crippen MR) is 97.7 cm³/mol. The van der Waals surface area contributed by atoms with Crippen LogP contribution in [0.1, 0.15) is 25.1 Å². The molecule has 3 aliphatic rings. The van der Waals surface area contributed by atoms with Crippen LogP contribution in [0.25, 0.3) is 11.0 Å². The van der Waals surface area contributed by atoms with Crippen LogP contribution in [-0.2, 0) is 13.0 Å². The summed E-state index contributed by atoms with van der Waals surface area (Å²) >= 11 is 0. The van der Waals surface area contributed by atoms with Crippen LogP contribution in [0, 0.1) is 0 Å².